The van der Waals surface area contributed by atoms with Gasteiger partial charge < -0.3 is 5.73 Å². The molecular formula is C12H15Cl2N. The van der Waals surface area contributed by atoms with Crippen LogP contribution in [0.15, 0.2) is 30.4 Å². The van der Waals surface area contributed by atoms with Crippen molar-refractivity contribution in [3.8, 4) is 0 Å². The van der Waals surface area contributed by atoms with Gasteiger partial charge in [-0.05, 0) is 37.5 Å². The number of rotatable bonds is 4. The number of hydrogen-bond acceptors (Lipinski definition) is 1. The second kappa shape index (κ2) is 5.55. The van der Waals surface area contributed by atoms with E-state index in [2.05, 4.69) is 6.58 Å². The zero-order valence-electron chi connectivity index (χ0n) is 8.76. The summed E-state index contributed by atoms with van der Waals surface area (Å²) in [5.41, 5.74) is 8.09. The van der Waals surface area contributed by atoms with Crippen LogP contribution in [0.4, 0.5) is 0 Å². The molecule has 3 heteroatoms. The molecule has 1 aromatic rings. The summed E-state index contributed by atoms with van der Waals surface area (Å²) in [6.45, 7) is 5.81. The van der Waals surface area contributed by atoms with Crippen LogP contribution in [0.25, 0.3) is 0 Å². The van der Waals surface area contributed by atoms with Crippen LogP contribution in [0.5, 0.6) is 0 Å². The third-order valence-corrected chi connectivity index (χ3v) is 2.69. The van der Waals surface area contributed by atoms with E-state index in [0.717, 1.165) is 24.0 Å². The normalized spacial score (nSPS) is 12.5. The van der Waals surface area contributed by atoms with E-state index in [4.69, 9.17) is 28.9 Å². The van der Waals surface area contributed by atoms with Crippen molar-refractivity contribution in [3.05, 3.63) is 46.0 Å². The first kappa shape index (κ1) is 12.6. The van der Waals surface area contributed by atoms with Gasteiger partial charge in [-0.15, -0.1) is 6.58 Å². The highest BCUT2D eigenvalue weighted by Crippen LogP contribution is 2.22. The predicted octanol–water partition coefficient (Wildman–Crippen LogP) is 3.83. The number of hydrogen-bond donors (Lipinski definition) is 1. The molecule has 0 saturated carbocycles. The van der Waals surface area contributed by atoms with E-state index in [1.54, 1.807) is 6.07 Å². The molecule has 1 rings (SSSR count). The van der Waals surface area contributed by atoms with Gasteiger partial charge in [0.1, 0.15) is 0 Å². The van der Waals surface area contributed by atoms with Crippen LogP contribution in [0.2, 0.25) is 10.0 Å². The molecule has 0 radical (unpaired) electrons. The first-order valence-electron chi connectivity index (χ1n) is 4.83. The highest BCUT2D eigenvalue weighted by atomic mass is 35.5. The van der Waals surface area contributed by atoms with Crippen molar-refractivity contribution in [3.63, 3.8) is 0 Å². The minimum atomic E-state index is 0.0705. The first-order chi connectivity index (χ1) is 6.99. The Morgan fingerprint density at radius 1 is 1.47 bits per heavy atom. The van der Waals surface area contributed by atoms with Crippen LogP contribution in [-0.2, 0) is 6.42 Å². The summed E-state index contributed by atoms with van der Waals surface area (Å²) < 4.78 is 0. The minimum Gasteiger partial charge on any atom is -0.327 e. The lowest BCUT2D eigenvalue weighted by Crippen LogP contribution is -2.23. The monoisotopic (exact) mass is 243 g/mol. The maximum Gasteiger partial charge on any atom is 0.0453 e. The van der Waals surface area contributed by atoms with Crippen molar-refractivity contribution >= 4 is 23.2 Å². The molecule has 0 fully saturated rings. The fourth-order valence-electron chi connectivity index (χ4n) is 1.49. The molecule has 2 N–H and O–H groups in total. The van der Waals surface area contributed by atoms with Crippen LogP contribution in [0.3, 0.4) is 0 Å². The van der Waals surface area contributed by atoms with E-state index in [1.165, 1.54) is 0 Å². The quantitative estimate of drug-likeness (QED) is 0.800. The Hall–Kier alpha value is -0.500. The molecule has 0 bridgehead atoms. The molecule has 1 unspecified atom stereocenters. The van der Waals surface area contributed by atoms with Gasteiger partial charge >= 0.3 is 0 Å². The molecule has 0 spiro atoms. The number of halogens is 2. The molecule has 0 aromatic heterocycles. The van der Waals surface area contributed by atoms with E-state index in [-0.39, 0.29) is 6.04 Å². The summed E-state index contributed by atoms with van der Waals surface area (Å²) in [6.07, 6.45) is 1.57. The van der Waals surface area contributed by atoms with Gasteiger partial charge in [-0.1, -0.05) is 34.8 Å². The van der Waals surface area contributed by atoms with Crippen molar-refractivity contribution in [1.82, 2.24) is 0 Å². The Balaban J connectivity index is 2.68. The third-order valence-electron chi connectivity index (χ3n) is 2.11. The Morgan fingerprint density at radius 3 is 2.67 bits per heavy atom. The van der Waals surface area contributed by atoms with Gasteiger partial charge in [0, 0.05) is 16.1 Å². The standard InChI is InChI=1S/C12H15Cl2N/c1-8(2)5-11(15)6-9-3-4-10(13)7-12(9)14/h3-4,7,11H,1,5-6,15H2,2H3. The fourth-order valence-corrected chi connectivity index (χ4v) is 1.98. The second-order valence-corrected chi connectivity index (χ2v) is 4.70. The second-order valence-electron chi connectivity index (χ2n) is 3.86. The van der Waals surface area contributed by atoms with Crippen LogP contribution >= 0.6 is 23.2 Å². The molecule has 1 aromatic carbocycles. The largest absolute Gasteiger partial charge is 0.327 e. The van der Waals surface area contributed by atoms with E-state index >= 15 is 0 Å². The van der Waals surface area contributed by atoms with Gasteiger partial charge in [0.05, 0.1) is 0 Å². The van der Waals surface area contributed by atoms with Crippen LogP contribution in [-0.4, -0.2) is 6.04 Å². The molecule has 0 aliphatic heterocycles. The van der Waals surface area contributed by atoms with Gasteiger partial charge in [0.15, 0.2) is 0 Å². The van der Waals surface area contributed by atoms with Gasteiger partial charge in [-0.25, -0.2) is 0 Å². The molecule has 0 aliphatic rings. The minimum absolute atomic E-state index is 0.0705. The van der Waals surface area contributed by atoms with Gasteiger partial charge in [-0.2, -0.15) is 0 Å². The lowest BCUT2D eigenvalue weighted by Gasteiger charge is -2.12. The molecule has 0 saturated heterocycles. The topological polar surface area (TPSA) is 26.0 Å². The van der Waals surface area contributed by atoms with E-state index < -0.39 is 0 Å². The van der Waals surface area contributed by atoms with Crippen molar-refractivity contribution in [1.29, 1.82) is 0 Å². The zero-order chi connectivity index (χ0) is 11.4. The Labute approximate surface area is 101 Å². The lowest BCUT2D eigenvalue weighted by atomic mass is 10.0. The predicted molar refractivity (Wildman–Crippen MR) is 67.6 cm³/mol. The van der Waals surface area contributed by atoms with Crippen molar-refractivity contribution in [2.45, 2.75) is 25.8 Å². The lowest BCUT2D eigenvalue weighted by molar-refractivity contribution is 0.662. The summed E-state index contributed by atoms with van der Waals surface area (Å²) in [4.78, 5) is 0. The van der Waals surface area contributed by atoms with Gasteiger partial charge in [0.2, 0.25) is 0 Å². The molecule has 0 aliphatic carbocycles. The molecule has 1 nitrogen and oxygen atoms in total. The number of benzene rings is 1. The first-order valence-corrected chi connectivity index (χ1v) is 5.58. The van der Waals surface area contributed by atoms with Crippen LogP contribution in [0.1, 0.15) is 18.9 Å². The van der Waals surface area contributed by atoms with E-state index in [0.29, 0.717) is 10.0 Å². The Kier molecular flexibility index (Phi) is 4.65. The summed E-state index contributed by atoms with van der Waals surface area (Å²) in [5, 5.41) is 1.33. The van der Waals surface area contributed by atoms with E-state index in [1.807, 2.05) is 19.1 Å². The molecular weight excluding hydrogens is 229 g/mol. The van der Waals surface area contributed by atoms with E-state index in [9.17, 15) is 0 Å². The number of nitrogens with two attached hydrogens (primary N) is 1. The van der Waals surface area contributed by atoms with Crippen LogP contribution < -0.4 is 5.73 Å². The maximum absolute atomic E-state index is 6.05. The molecule has 0 amide bonds. The highest BCUT2D eigenvalue weighted by Gasteiger charge is 2.07. The molecule has 15 heavy (non-hydrogen) atoms. The third kappa shape index (κ3) is 4.25. The van der Waals surface area contributed by atoms with Crippen molar-refractivity contribution in [2.24, 2.45) is 5.73 Å². The fraction of sp³-hybridized carbons (Fsp3) is 0.333. The summed E-state index contributed by atoms with van der Waals surface area (Å²) in [5.74, 6) is 0. The summed E-state index contributed by atoms with van der Waals surface area (Å²) in [7, 11) is 0. The van der Waals surface area contributed by atoms with Crippen molar-refractivity contribution in [2.75, 3.05) is 0 Å². The maximum atomic E-state index is 6.05. The Morgan fingerprint density at radius 2 is 2.13 bits per heavy atom. The molecule has 0 heterocycles. The van der Waals surface area contributed by atoms with Crippen LogP contribution in [0, 0.1) is 0 Å². The smallest absolute Gasteiger partial charge is 0.0453 e. The molecule has 82 valence electrons. The summed E-state index contributed by atoms with van der Waals surface area (Å²) >= 11 is 11.9. The summed E-state index contributed by atoms with van der Waals surface area (Å²) in [6, 6.07) is 5.56. The SMILES string of the molecule is C=C(C)CC(N)Cc1ccc(Cl)cc1Cl. The Bertz CT molecular complexity index is 361. The van der Waals surface area contributed by atoms with Crippen molar-refractivity contribution < 1.29 is 0 Å². The average Bonchev–Trinajstić information content (AvgIpc) is 2.08. The van der Waals surface area contributed by atoms with Gasteiger partial charge in [-0.3, -0.25) is 0 Å². The average molecular weight is 244 g/mol. The highest BCUT2D eigenvalue weighted by molar-refractivity contribution is 6.35. The zero-order valence-corrected chi connectivity index (χ0v) is 10.3. The molecule has 1 atom stereocenters. The van der Waals surface area contributed by atoms with Gasteiger partial charge in [0.25, 0.3) is 0 Å².